The molecule has 2 saturated carbocycles. The van der Waals surface area contributed by atoms with Crippen molar-refractivity contribution in [3.05, 3.63) is 341 Å². The molecule has 34 nitrogen and oxygen atoms in total. The molecular weight excluding hydrogens is 1870 g/mol. The van der Waals surface area contributed by atoms with Crippen LogP contribution in [-0.2, 0) is 29.2 Å². The van der Waals surface area contributed by atoms with Crippen molar-refractivity contribution in [1.82, 2.24) is 151 Å². The fraction of sp³-hybridized carbons (Fsp3) is 0.138. The topological polar surface area (TPSA) is 466 Å². The highest BCUT2D eigenvalue weighted by molar-refractivity contribution is 6.04. The van der Waals surface area contributed by atoms with Crippen LogP contribution in [0.3, 0.4) is 0 Å². The van der Waals surface area contributed by atoms with Crippen molar-refractivity contribution < 1.29 is 9.59 Å². The van der Waals surface area contributed by atoms with E-state index >= 15 is 0 Å². The highest BCUT2D eigenvalue weighted by Gasteiger charge is 2.27. The number of amides is 2. The molecule has 20 heterocycles. The van der Waals surface area contributed by atoms with Crippen LogP contribution in [0.2, 0.25) is 0 Å². The molecular formula is C116H96N32O2. The van der Waals surface area contributed by atoms with E-state index in [1.165, 1.54) is 36.8 Å². The Morgan fingerprint density at radius 1 is 0.287 bits per heavy atom. The van der Waals surface area contributed by atoms with Gasteiger partial charge in [-0.2, -0.15) is 20.4 Å². The summed E-state index contributed by atoms with van der Waals surface area (Å²) < 4.78 is 0. The molecule has 5 aromatic carbocycles. The lowest BCUT2D eigenvalue weighted by atomic mass is 10.0. The number of hydrogen-bond acceptors (Lipinski definition) is 24. The molecule has 0 atom stereocenters. The van der Waals surface area contributed by atoms with E-state index in [0.29, 0.717) is 52.5 Å². The second kappa shape index (κ2) is 42.1. The van der Waals surface area contributed by atoms with Gasteiger partial charge in [0, 0.05) is 226 Å². The molecule has 34 heteroatoms. The predicted octanol–water partition coefficient (Wildman–Crippen LogP) is 22.5. The lowest BCUT2D eigenvalue weighted by Gasteiger charge is -2.11. The summed E-state index contributed by atoms with van der Waals surface area (Å²) in [6, 6.07) is 59.0. The predicted molar refractivity (Wildman–Crippen MR) is 582 cm³/mol. The first-order valence-corrected chi connectivity index (χ1v) is 49.8. The van der Waals surface area contributed by atoms with Gasteiger partial charge in [0.05, 0.1) is 98.2 Å². The molecule has 25 aromatic rings. The second-order valence-electron chi connectivity index (χ2n) is 37.3. The molecule has 2 fully saturated rings. The third kappa shape index (κ3) is 19.8. The summed E-state index contributed by atoms with van der Waals surface area (Å²) in [6.45, 7) is 5.29. The number of nitrogens with one attached hydrogen (secondary N) is 12. The van der Waals surface area contributed by atoms with Crippen LogP contribution >= 0.6 is 0 Å². The number of rotatable bonds is 24. The first-order valence-electron chi connectivity index (χ1n) is 49.8. The zero-order valence-electron chi connectivity index (χ0n) is 81.2. The van der Waals surface area contributed by atoms with Gasteiger partial charge in [0.2, 0.25) is 11.8 Å². The summed E-state index contributed by atoms with van der Waals surface area (Å²) in [5.74, 6) is 3.63. The van der Waals surface area contributed by atoms with Crippen LogP contribution in [0.1, 0.15) is 81.4 Å². The van der Waals surface area contributed by atoms with E-state index in [1.807, 2.05) is 160 Å². The van der Waals surface area contributed by atoms with Gasteiger partial charge in [0.25, 0.3) is 0 Å². The van der Waals surface area contributed by atoms with Crippen LogP contribution in [-0.4, -0.2) is 159 Å². The summed E-state index contributed by atoms with van der Waals surface area (Å²) in [7, 11) is 0. The maximum Gasteiger partial charge on any atom is 0.227 e. The number of imidazole rings is 4. The van der Waals surface area contributed by atoms with E-state index in [-0.39, 0.29) is 17.7 Å². The van der Waals surface area contributed by atoms with Crippen molar-refractivity contribution in [2.75, 3.05) is 17.2 Å². The van der Waals surface area contributed by atoms with Gasteiger partial charge in [0.1, 0.15) is 39.3 Å². The Bertz CT molecular complexity index is 9190. The Balaban J connectivity index is 0.000000106. The summed E-state index contributed by atoms with van der Waals surface area (Å²) in [6.07, 6.45) is 53.2. The Kier molecular flexibility index (Phi) is 26.1. The smallest absolute Gasteiger partial charge is 0.227 e. The molecule has 27 rings (SSSR count). The maximum absolute atomic E-state index is 12.6. The minimum absolute atomic E-state index is 0.0537. The molecule has 0 radical (unpaired) electrons. The number of benzene rings is 5. The number of H-pyrrole nitrogens is 8. The van der Waals surface area contributed by atoms with Gasteiger partial charge in [-0.25, -0.2) is 19.9 Å². The average molecular weight is 1970 g/mol. The van der Waals surface area contributed by atoms with Crippen molar-refractivity contribution in [3.63, 3.8) is 0 Å². The van der Waals surface area contributed by atoms with Crippen LogP contribution in [0, 0.1) is 11.8 Å². The van der Waals surface area contributed by atoms with Gasteiger partial charge in [-0.3, -0.25) is 89.8 Å². The number of nitrogens with zero attached hydrogens (tertiary/aromatic N) is 20. The van der Waals surface area contributed by atoms with E-state index in [4.69, 9.17) is 19.9 Å². The van der Waals surface area contributed by atoms with E-state index in [2.05, 4.69) is 215 Å². The number of aromatic nitrogens is 28. The number of aromatic amines is 8. The Labute approximate surface area is 856 Å². The lowest BCUT2D eigenvalue weighted by molar-refractivity contribution is -0.119. The zero-order valence-corrected chi connectivity index (χ0v) is 81.2. The van der Waals surface area contributed by atoms with Gasteiger partial charge in [-0.15, -0.1) is 0 Å². The summed E-state index contributed by atoms with van der Waals surface area (Å²) >= 11 is 0. The van der Waals surface area contributed by atoms with Crippen LogP contribution in [0.15, 0.2) is 325 Å². The highest BCUT2D eigenvalue weighted by Crippen LogP contribution is 2.41. The molecule has 2 aliphatic rings. The largest absolute Gasteiger partial charge is 0.335 e. The third-order valence-electron chi connectivity index (χ3n) is 27.4. The Morgan fingerprint density at radius 2 is 0.640 bits per heavy atom. The van der Waals surface area contributed by atoms with Gasteiger partial charge < -0.3 is 41.2 Å². The average Bonchev–Trinajstić information content (AvgIpc) is 1.63. The quantitative estimate of drug-likeness (QED) is 0.0267. The first kappa shape index (κ1) is 92.9. The van der Waals surface area contributed by atoms with Crippen LogP contribution in [0.5, 0.6) is 0 Å². The summed E-state index contributed by atoms with van der Waals surface area (Å²) in [4.78, 5) is 110. The number of fused-ring (bicyclic) bond motifs is 8. The molecule has 0 unspecified atom stereocenters. The molecule has 150 heavy (non-hydrogen) atoms. The number of carbonyl (C=O) groups is 2. The monoisotopic (exact) mass is 1970 g/mol. The molecule has 0 saturated heterocycles. The minimum Gasteiger partial charge on any atom is -0.335 e. The van der Waals surface area contributed by atoms with Crippen molar-refractivity contribution >= 4 is 111 Å². The third-order valence-corrected chi connectivity index (χ3v) is 27.4. The van der Waals surface area contributed by atoms with Crippen LogP contribution < -0.4 is 21.3 Å². The van der Waals surface area contributed by atoms with Crippen LogP contribution in [0.4, 0.5) is 11.4 Å². The van der Waals surface area contributed by atoms with Gasteiger partial charge in [-0.1, -0.05) is 105 Å². The standard InChI is InChI=1S/C31H24N8.C30H28N8.C29H24N8O.C26H20N8O/c1-2-5-20(6-3-1)13-33-14-21-11-24(17-34-15-21)22-8-9-27-25(12-22)30(39-38-27)31-36-28-19-35-18-26(29(28)37-31)23-7-4-10-32-16-23;1-2-5-19(4-1)12-32-13-20-10-23(16-33-14-20)21-7-8-26-24(11-21)29(38-37-26)30-35-27-18-34-17-25(28(27)36-30)22-6-3-9-31-15-22;38-29(17-4-1-2-5-17)33-21-10-20(13-31-14-21)18-7-8-24-22(11-18)27(37-36-24)28-34-25-16-32-15-23(26(25)35-28)19-6-3-9-30-12-19;1-2-23(35)30-18-9-17(11-28-12-18)16-3-4-21-19(10-16)25(34-33-21)26-31-22-14-29-13-20(24(22)32-26)15-5-7-27-8-6-15/h1-12,15-19,33H,13-14H2,(H,36,37)(H,38,39);3,6-11,14-19,32H,1-2,4-5,12-13H2,(H,35,36)(H,37,38);3,6-17H,1-2,4-5H2,(H,33,38)(H,34,35)(H,36,37);3-14H,2H2,1H3,(H,30,35)(H,31,32)(H,33,34). The molecule has 2 aliphatic carbocycles. The fourth-order valence-electron chi connectivity index (χ4n) is 19.7. The fourth-order valence-corrected chi connectivity index (χ4v) is 19.7. The van der Waals surface area contributed by atoms with E-state index < -0.39 is 0 Å². The molecule has 0 spiro atoms. The molecule has 2 amide bonds. The number of pyridine rings is 12. The second-order valence-corrected chi connectivity index (χ2v) is 37.3. The number of carbonyl (C=O) groups excluding carboxylic acids is 2. The Morgan fingerprint density at radius 3 is 1.03 bits per heavy atom. The van der Waals surface area contributed by atoms with Gasteiger partial charge in [0.15, 0.2) is 23.3 Å². The van der Waals surface area contributed by atoms with Crippen molar-refractivity contribution in [1.29, 1.82) is 0 Å². The summed E-state index contributed by atoms with van der Waals surface area (Å²) in [5, 5.41) is 47.7. The molecule has 0 bridgehead atoms. The molecule has 12 N–H and O–H groups in total. The Hall–Kier alpha value is -19.5. The lowest BCUT2D eigenvalue weighted by Crippen LogP contribution is -2.20. The van der Waals surface area contributed by atoms with E-state index in [0.717, 1.165) is 251 Å². The molecule has 20 aromatic heterocycles. The number of hydrogen-bond donors (Lipinski definition) is 12. The SMILES string of the molecule is CCC(=O)Nc1cncc(-c2ccc3[nH]nc(-c4nc5c(-c6ccncc6)cncc5[nH]4)c3c2)c1.O=C(Nc1cncc(-c2ccc3[nH]nc(-c4nc5c(-c6cccnc6)cncc5[nH]4)c3c2)c1)C1CCCC1.c1ccc(CNCc2cncc(-c3ccc4[nH]nc(-c5nc6c(-c7cccnc7)cncc6[nH]5)c4c3)c2)cc1.c1cncc(-c2cncc3[nH]c(-c4n[nH]c5ccc(-c6cncc(CNCC7CCCC7)c6)cc45)nc23)c1. The summed E-state index contributed by atoms with van der Waals surface area (Å²) in [5.41, 5.74) is 33.8. The maximum atomic E-state index is 12.6. The minimum atomic E-state index is -0.0537. The van der Waals surface area contributed by atoms with E-state index in [1.54, 1.807) is 99.1 Å². The highest BCUT2D eigenvalue weighted by atomic mass is 16.2. The van der Waals surface area contributed by atoms with Gasteiger partial charge in [-0.05, 0) is 186 Å². The van der Waals surface area contributed by atoms with Crippen molar-refractivity contribution in [2.24, 2.45) is 11.8 Å². The van der Waals surface area contributed by atoms with Crippen molar-refractivity contribution in [2.45, 2.75) is 84.3 Å². The first-order chi connectivity index (χ1) is 74.0. The number of anilines is 2. The van der Waals surface area contributed by atoms with E-state index in [9.17, 15) is 9.59 Å². The van der Waals surface area contributed by atoms with Crippen molar-refractivity contribution in [3.8, 4) is 135 Å². The van der Waals surface area contributed by atoms with Gasteiger partial charge >= 0.3 is 0 Å². The molecule has 0 aliphatic heterocycles. The van der Waals surface area contributed by atoms with Crippen LogP contribution in [0.25, 0.3) is 223 Å². The molecule has 732 valence electrons. The normalized spacial score (nSPS) is 12.7. The zero-order chi connectivity index (χ0) is 101.